The van der Waals surface area contributed by atoms with Gasteiger partial charge in [0.2, 0.25) is 0 Å². The Balaban J connectivity index is 2.12. The minimum atomic E-state index is -2.12. The number of rotatable bonds is 4. The van der Waals surface area contributed by atoms with Gasteiger partial charge in [-0.1, -0.05) is 20.8 Å². The number of benzene rings is 1. The number of aromatic nitrogens is 2. The van der Waals surface area contributed by atoms with Crippen LogP contribution >= 0.6 is 0 Å². The molecular weight excluding hydrogens is 308 g/mol. The first-order chi connectivity index (χ1) is 10.5. The summed E-state index contributed by atoms with van der Waals surface area (Å²) in [6.45, 7) is 7.22. The number of anilines is 1. The number of hydrogen-bond donors (Lipinski definition) is 1. The molecule has 0 aliphatic heterocycles. The van der Waals surface area contributed by atoms with Crippen molar-refractivity contribution in [2.75, 3.05) is 17.8 Å². The molecular formula is C17H26N4OS. The highest BCUT2D eigenvalue weighted by Crippen LogP contribution is 2.25. The van der Waals surface area contributed by atoms with E-state index in [1.807, 2.05) is 36.0 Å². The quantitative estimate of drug-likeness (QED) is 0.927. The van der Waals surface area contributed by atoms with Crippen LogP contribution in [-0.4, -0.2) is 26.5 Å². The molecule has 0 radical (unpaired) electrons. The molecule has 1 aromatic heterocycles. The highest BCUT2D eigenvalue weighted by Gasteiger charge is 2.21. The summed E-state index contributed by atoms with van der Waals surface area (Å²) in [6.07, 6.45) is 5.33. The molecule has 0 fully saturated rings. The van der Waals surface area contributed by atoms with E-state index in [1.165, 1.54) is 5.56 Å². The number of hydrogen-bond acceptors (Lipinski definition) is 4. The largest absolute Gasteiger partial charge is 0.381 e. The minimum Gasteiger partial charge on any atom is -0.381 e. The molecule has 0 aliphatic carbocycles. The van der Waals surface area contributed by atoms with Gasteiger partial charge in [0.15, 0.2) is 0 Å². The van der Waals surface area contributed by atoms with Gasteiger partial charge in [0.25, 0.3) is 0 Å². The van der Waals surface area contributed by atoms with Crippen molar-refractivity contribution in [3.05, 3.63) is 41.7 Å². The van der Waals surface area contributed by atoms with Crippen molar-refractivity contribution in [2.24, 2.45) is 11.4 Å². The zero-order valence-electron chi connectivity index (χ0n) is 14.8. The summed E-state index contributed by atoms with van der Waals surface area (Å²) in [5.74, 6) is 0. The molecule has 1 heterocycles. The Kier molecular flexibility index (Phi) is 4.84. The first-order valence-corrected chi connectivity index (χ1v) is 9.92. The molecule has 23 heavy (non-hydrogen) atoms. The van der Waals surface area contributed by atoms with Gasteiger partial charge in [-0.3, -0.25) is 4.68 Å². The van der Waals surface area contributed by atoms with E-state index in [0.717, 1.165) is 23.6 Å². The van der Waals surface area contributed by atoms with Crippen LogP contribution in [0.5, 0.6) is 0 Å². The Bertz CT molecular complexity index is 783. The Morgan fingerprint density at radius 1 is 1.22 bits per heavy atom. The molecule has 2 rings (SSSR count). The lowest BCUT2D eigenvalue weighted by molar-refractivity contribution is 0.549. The number of nitrogens with one attached hydrogen (secondary N) is 1. The second-order valence-electron chi connectivity index (χ2n) is 7.10. The van der Waals surface area contributed by atoms with Crippen molar-refractivity contribution in [2.45, 2.75) is 32.7 Å². The molecule has 1 N–H and O–H groups in total. The molecule has 0 aliphatic rings. The van der Waals surface area contributed by atoms with Gasteiger partial charge in [-0.15, -0.1) is 0 Å². The summed E-state index contributed by atoms with van der Waals surface area (Å²) in [5.41, 5.74) is 4.06. The molecule has 0 saturated heterocycles. The van der Waals surface area contributed by atoms with Crippen LogP contribution in [0, 0.1) is 0 Å². The van der Waals surface area contributed by atoms with Gasteiger partial charge in [-0.05, 0) is 24.3 Å². The topological polar surface area (TPSA) is 59.3 Å². The Morgan fingerprint density at radius 2 is 1.83 bits per heavy atom. The second-order valence-corrected chi connectivity index (χ2v) is 9.64. The van der Waals surface area contributed by atoms with E-state index in [9.17, 15) is 4.21 Å². The predicted molar refractivity (Wildman–Crippen MR) is 97.8 cm³/mol. The zero-order chi connectivity index (χ0) is 17.3. The fourth-order valence-corrected chi connectivity index (χ4v) is 3.02. The lowest BCUT2D eigenvalue weighted by Crippen LogP contribution is -2.16. The highest BCUT2D eigenvalue weighted by molar-refractivity contribution is 7.92. The van der Waals surface area contributed by atoms with Crippen LogP contribution < -0.4 is 5.32 Å². The minimum absolute atomic E-state index is 0.0174. The average molecular weight is 334 g/mol. The molecule has 2 aromatic rings. The van der Waals surface area contributed by atoms with Crippen molar-refractivity contribution >= 4 is 21.1 Å². The Hall–Kier alpha value is -1.82. The van der Waals surface area contributed by atoms with E-state index in [4.69, 9.17) is 0 Å². The van der Waals surface area contributed by atoms with Crippen molar-refractivity contribution in [1.82, 2.24) is 9.78 Å². The van der Waals surface area contributed by atoms with Gasteiger partial charge in [0, 0.05) is 58.7 Å². The van der Waals surface area contributed by atoms with Gasteiger partial charge >= 0.3 is 0 Å². The van der Waals surface area contributed by atoms with E-state index < -0.39 is 9.73 Å². The third-order valence-corrected chi connectivity index (χ3v) is 3.94. The van der Waals surface area contributed by atoms with E-state index >= 15 is 0 Å². The summed E-state index contributed by atoms with van der Waals surface area (Å²) in [4.78, 5) is 0. The Morgan fingerprint density at radius 3 is 2.35 bits per heavy atom. The molecule has 1 aromatic carbocycles. The van der Waals surface area contributed by atoms with E-state index in [0.29, 0.717) is 0 Å². The molecule has 0 atom stereocenters. The van der Waals surface area contributed by atoms with Gasteiger partial charge in [0.1, 0.15) is 0 Å². The first-order valence-electron chi connectivity index (χ1n) is 7.59. The lowest BCUT2D eigenvalue weighted by atomic mass is 9.89. The molecule has 5 nitrogen and oxygen atoms in total. The second kappa shape index (κ2) is 6.35. The summed E-state index contributed by atoms with van der Waals surface area (Å²) >= 11 is 0. The van der Waals surface area contributed by atoms with Crippen LogP contribution in [0.25, 0.3) is 0 Å². The van der Waals surface area contributed by atoms with Crippen LogP contribution in [-0.2, 0) is 28.7 Å². The molecule has 0 spiro atoms. The van der Waals surface area contributed by atoms with Crippen molar-refractivity contribution < 1.29 is 4.21 Å². The van der Waals surface area contributed by atoms with Crippen LogP contribution in [0.4, 0.5) is 11.4 Å². The van der Waals surface area contributed by atoms with Gasteiger partial charge < -0.3 is 5.32 Å². The molecule has 0 saturated carbocycles. The Labute approximate surface area is 139 Å². The van der Waals surface area contributed by atoms with E-state index in [2.05, 4.69) is 41.7 Å². The zero-order valence-corrected chi connectivity index (χ0v) is 15.6. The lowest BCUT2D eigenvalue weighted by Gasteiger charge is -2.18. The van der Waals surface area contributed by atoms with Crippen molar-refractivity contribution in [3.63, 3.8) is 0 Å². The third-order valence-electron chi connectivity index (χ3n) is 3.29. The van der Waals surface area contributed by atoms with Gasteiger partial charge in [-0.25, -0.2) is 4.21 Å². The van der Waals surface area contributed by atoms with Crippen LogP contribution in [0.1, 0.15) is 32.0 Å². The van der Waals surface area contributed by atoms with Gasteiger partial charge in [0.05, 0.1) is 11.4 Å². The first kappa shape index (κ1) is 17.5. The van der Waals surface area contributed by atoms with Crippen molar-refractivity contribution in [3.8, 4) is 0 Å². The normalized spacial score (nSPS) is 12.3. The standard InChI is InChI=1S/C17H26N4OS/c1-17(2,3)16-13(12-21(4)19-16)11-18-14-7-9-15(10-8-14)20-23(5,6)22/h7-10,12,18H,11H2,1-6H3. The average Bonchev–Trinajstić information content (AvgIpc) is 2.77. The fourth-order valence-electron chi connectivity index (χ4n) is 2.39. The predicted octanol–water partition coefficient (Wildman–Crippen LogP) is 3.69. The van der Waals surface area contributed by atoms with Crippen LogP contribution in [0.15, 0.2) is 34.8 Å². The molecule has 0 bridgehead atoms. The fraction of sp³-hybridized carbons (Fsp3) is 0.471. The van der Waals surface area contributed by atoms with E-state index in [1.54, 1.807) is 12.5 Å². The maximum atomic E-state index is 11.7. The summed E-state index contributed by atoms with van der Waals surface area (Å²) in [6, 6.07) is 7.67. The molecule has 0 unspecified atom stereocenters. The smallest absolute Gasteiger partial charge is 0.0731 e. The molecule has 6 heteroatoms. The molecule has 126 valence electrons. The highest BCUT2D eigenvalue weighted by atomic mass is 32.2. The SMILES string of the molecule is Cn1cc(CNc2ccc(N=S(C)(C)=O)cc2)c(C(C)(C)C)n1. The third kappa shape index (κ3) is 5.10. The maximum Gasteiger partial charge on any atom is 0.0731 e. The monoisotopic (exact) mass is 334 g/mol. The number of nitrogens with zero attached hydrogens (tertiary/aromatic N) is 3. The summed E-state index contributed by atoms with van der Waals surface area (Å²) in [5, 5.41) is 7.99. The van der Waals surface area contributed by atoms with Crippen LogP contribution in [0.2, 0.25) is 0 Å². The van der Waals surface area contributed by atoms with Crippen LogP contribution in [0.3, 0.4) is 0 Å². The van der Waals surface area contributed by atoms with Crippen molar-refractivity contribution in [1.29, 1.82) is 0 Å². The maximum absolute atomic E-state index is 11.7. The summed E-state index contributed by atoms with van der Waals surface area (Å²) < 4.78 is 17.7. The molecule has 0 amide bonds. The van der Waals surface area contributed by atoms with E-state index in [-0.39, 0.29) is 5.41 Å². The van der Waals surface area contributed by atoms with Gasteiger partial charge in [-0.2, -0.15) is 9.46 Å². The number of aryl methyl sites for hydroxylation is 1. The summed E-state index contributed by atoms with van der Waals surface area (Å²) in [7, 11) is -0.174.